The number of sulfonamides is 1. The van der Waals surface area contributed by atoms with Crippen LogP contribution < -0.4 is 4.72 Å². The first kappa shape index (κ1) is 18.2. The minimum Gasteiger partial charge on any atom is -0.461 e. The maximum absolute atomic E-state index is 12.5. The summed E-state index contributed by atoms with van der Waals surface area (Å²) in [7, 11) is -3.72. The van der Waals surface area contributed by atoms with Crippen LogP contribution in [0.15, 0.2) is 51.2 Å². The largest absolute Gasteiger partial charge is 0.461 e. The number of nitrogens with zero attached hydrogens (tertiary/aromatic N) is 1. The summed E-state index contributed by atoms with van der Waals surface area (Å²) in [5.41, 5.74) is 1.48. The molecule has 0 atom stereocenters. The Labute approximate surface area is 154 Å². The van der Waals surface area contributed by atoms with E-state index in [0.717, 1.165) is 16.9 Å². The molecule has 0 saturated carbocycles. The van der Waals surface area contributed by atoms with Gasteiger partial charge in [0.05, 0.1) is 11.5 Å². The first-order valence-corrected chi connectivity index (χ1v) is 10.0. The van der Waals surface area contributed by atoms with Crippen LogP contribution in [-0.4, -0.2) is 26.2 Å². The van der Waals surface area contributed by atoms with Gasteiger partial charge in [-0.2, -0.15) is 0 Å². The number of nitrogens with one attached hydrogen (secondary N) is 1. The SMILES string of the molecule is CCOC(=O)c1cc(-c2ccc(S(=O)(=O)Nc3cccc(C)c3)s2)on1. The van der Waals surface area contributed by atoms with Gasteiger partial charge in [-0.15, -0.1) is 11.3 Å². The monoisotopic (exact) mass is 392 g/mol. The summed E-state index contributed by atoms with van der Waals surface area (Å²) in [4.78, 5) is 12.2. The third-order valence-corrected chi connectivity index (χ3v) is 6.33. The first-order chi connectivity index (χ1) is 12.4. The smallest absolute Gasteiger partial charge is 0.360 e. The number of carbonyl (C=O) groups excluding carboxylic acids is 1. The third-order valence-electron chi connectivity index (χ3n) is 3.35. The van der Waals surface area contributed by atoms with Crippen LogP contribution in [0.5, 0.6) is 0 Å². The molecule has 2 heterocycles. The Morgan fingerprint density at radius 3 is 2.81 bits per heavy atom. The molecule has 0 aliphatic carbocycles. The Morgan fingerprint density at radius 2 is 2.08 bits per heavy atom. The molecule has 136 valence electrons. The predicted molar refractivity (Wildman–Crippen MR) is 97.8 cm³/mol. The van der Waals surface area contributed by atoms with Gasteiger partial charge < -0.3 is 9.26 Å². The van der Waals surface area contributed by atoms with Gasteiger partial charge in [0, 0.05) is 11.8 Å². The van der Waals surface area contributed by atoms with Crippen LogP contribution in [0, 0.1) is 6.92 Å². The van der Waals surface area contributed by atoms with Crippen LogP contribution in [0.1, 0.15) is 23.0 Å². The van der Waals surface area contributed by atoms with Gasteiger partial charge in [0.25, 0.3) is 10.0 Å². The molecule has 0 saturated heterocycles. The molecule has 0 aliphatic rings. The van der Waals surface area contributed by atoms with Crippen LogP contribution in [0.4, 0.5) is 5.69 Å². The fourth-order valence-corrected chi connectivity index (χ4v) is 4.51. The van der Waals surface area contributed by atoms with Crippen molar-refractivity contribution in [3.05, 3.63) is 53.7 Å². The molecule has 0 unspecified atom stereocenters. The molecule has 9 heteroatoms. The average molecular weight is 392 g/mol. The summed E-state index contributed by atoms with van der Waals surface area (Å²) in [6.45, 7) is 3.80. The van der Waals surface area contributed by atoms with Crippen molar-refractivity contribution in [2.24, 2.45) is 0 Å². The fraction of sp³-hybridized carbons (Fsp3) is 0.176. The number of hydrogen-bond acceptors (Lipinski definition) is 7. The van der Waals surface area contributed by atoms with Crippen LogP contribution in [0.25, 0.3) is 10.6 Å². The number of aryl methyl sites for hydroxylation is 1. The van der Waals surface area contributed by atoms with Crippen molar-refractivity contribution in [1.82, 2.24) is 5.16 Å². The zero-order chi connectivity index (χ0) is 18.7. The first-order valence-electron chi connectivity index (χ1n) is 7.72. The van der Waals surface area contributed by atoms with Gasteiger partial charge in [0.2, 0.25) is 0 Å². The molecule has 1 aromatic carbocycles. The topological polar surface area (TPSA) is 98.5 Å². The van der Waals surface area contributed by atoms with E-state index in [0.29, 0.717) is 16.3 Å². The lowest BCUT2D eigenvalue weighted by molar-refractivity contribution is 0.0514. The molecule has 2 aromatic heterocycles. The Balaban J connectivity index is 1.82. The van der Waals surface area contributed by atoms with E-state index in [2.05, 4.69) is 9.88 Å². The number of rotatable bonds is 6. The molecule has 0 aliphatic heterocycles. The zero-order valence-electron chi connectivity index (χ0n) is 14.1. The highest BCUT2D eigenvalue weighted by molar-refractivity contribution is 7.94. The number of benzene rings is 1. The van der Waals surface area contributed by atoms with E-state index < -0.39 is 16.0 Å². The number of anilines is 1. The van der Waals surface area contributed by atoms with E-state index in [1.165, 1.54) is 12.1 Å². The van der Waals surface area contributed by atoms with Crippen molar-refractivity contribution in [2.75, 3.05) is 11.3 Å². The number of thiophene rings is 1. The summed E-state index contributed by atoms with van der Waals surface area (Å²) in [5.74, 6) is -0.289. The molecule has 3 aromatic rings. The van der Waals surface area contributed by atoms with E-state index in [-0.39, 0.29) is 16.5 Å². The van der Waals surface area contributed by atoms with Gasteiger partial charge in [-0.1, -0.05) is 17.3 Å². The highest BCUT2D eigenvalue weighted by Crippen LogP contribution is 2.32. The summed E-state index contributed by atoms with van der Waals surface area (Å²) in [6.07, 6.45) is 0. The van der Waals surface area contributed by atoms with Gasteiger partial charge in [0.15, 0.2) is 11.5 Å². The minimum absolute atomic E-state index is 0.0394. The maximum atomic E-state index is 12.5. The summed E-state index contributed by atoms with van der Waals surface area (Å²) >= 11 is 1.02. The Kier molecular flexibility index (Phi) is 5.10. The lowest BCUT2D eigenvalue weighted by atomic mass is 10.2. The highest BCUT2D eigenvalue weighted by atomic mass is 32.2. The third kappa shape index (κ3) is 3.94. The van der Waals surface area contributed by atoms with E-state index in [9.17, 15) is 13.2 Å². The quantitative estimate of drug-likeness (QED) is 0.643. The molecular weight excluding hydrogens is 376 g/mol. The number of ether oxygens (including phenoxy) is 1. The van der Waals surface area contributed by atoms with Gasteiger partial charge in [0.1, 0.15) is 4.21 Å². The van der Waals surface area contributed by atoms with E-state index in [4.69, 9.17) is 9.26 Å². The van der Waals surface area contributed by atoms with Crippen LogP contribution in [0.2, 0.25) is 0 Å². The molecule has 1 N–H and O–H groups in total. The predicted octanol–water partition coefficient (Wildman–Crippen LogP) is 3.69. The number of aromatic nitrogens is 1. The van der Waals surface area contributed by atoms with Crippen molar-refractivity contribution >= 4 is 33.0 Å². The van der Waals surface area contributed by atoms with Crippen molar-refractivity contribution in [3.8, 4) is 10.6 Å². The minimum atomic E-state index is -3.72. The second-order valence-corrected chi connectivity index (χ2v) is 8.38. The lowest BCUT2D eigenvalue weighted by Gasteiger charge is -2.06. The molecular formula is C17H16N2O5S2. The van der Waals surface area contributed by atoms with E-state index in [1.807, 2.05) is 13.0 Å². The fourth-order valence-electron chi connectivity index (χ4n) is 2.20. The van der Waals surface area contributed by atoms with Gasteiger partial charge >= 0.3 is 5.97 Å². The average Bonchev–Trinajstić information content (AvgIpc) is 3.24. The van der Waals surface area contributed by atoms with Crippen molar-refractivity contribution in [2.45, 2.75) is 18.1 Å². The van der Waals surface area contributed by atoms with E-state index in [1.54, 1.807) is 31.2 Å². The highest BCUT2D eigenvalue weighted by Gasteiger charge is 2.20. The zero-order valence-corrected chi connectivity index (χ0v) is 15.7. The molecule has 3 rings (SSSR count). The Bertz CT molecular complexity index is 1040. The standard InChI is InChI=1S/C17H16N2O5S2/c1-3-23-17(20)13-10-14(24-18-13)15-7-8-16(25-15)26(21,22)19-12-6-4-5-11(2)9-12/h4-10,19H,3H2,1-2H3. The second kappa shape index (κ2) is 7.30. The number of hydrogen-bond donors (Lipinski definition) is 1. The van der Waals surface area contributed by atoms with Crippen LogP contribution >= 0.6 is 11.3 Å². The summed E-state index contributed by atoms with van der Waals surface area (Å²) < 4.78 is 37.7. The molecule has 26 heavy (non-hydrogen) atoms. The lowest BCUT2D eigenvalue weighted by Crippen LogP contribution is -2.11. The van der Waals surface area contributed by atoms with Crippen molar-refractivity contribution in [3.63, 3.8) is 0 Å². The molecule has 7 nitrogen and oxygen atoms in total. The van der Waals surface area contributed by atoms with Gasteiger partial charge in [-0.05, 0) is 43.7 Å². The van der Waals surface area contributed by atoms with Crippen LogP contribution in [0.3, 0.4) is 0 Å². The molecule has 0 bridgehead atoms. The normalized spacial score (nSPS) is 11.3. The Morgan fingerprint density at radius 1 is 1.27 bits per heavy atom. The van der Waals surface area contributed by atoms with Crippen LogP contribution in [-0.2, 0) is 14.8 Å². The van der Waals surface area contributed by atoms with Crippen molar-refractivity contribution < 1.29 is 22.5 Å². The molecule has 0 fully saturated rings. The summed E-state index contributed by atoms with van der Waals surface area (Å²) in [6, 6.07) is 11.6. The molecule has 0 radical (unpaired) electrons. The Hall–Kier alpha value is -2.65. The number of esters is 1. The number of carbonyl (C=O) groups is 1. The second-order valence-electron chi connectivity index (χ2n) is 5.39. The summed E-state index contributed by atoms with van der Waals surface area (Å²) in [5, 5.41) is 3.65. The van der Waals surface area contributed by atoms with E-state index >= 15 is 0 Å². The maximum Gasteiger partial charge on any atom is 0.360 e. The van der Waals surface area contributed by atoms with Gasteiger partial charge in [-0.25, -0.2) is 13.2 Å². The van der Waals surface area contributed by atoms with Gasteiger partial charge in [-0.3, -0.25) is 4.72 Å². The molecule has 0 amide bonds. The van der Waals surface area contributed by atoms with Crippen molar-refractivity contribution in [1.29, 1.82) is 0 Å². The molecule has 0 spiro atoms.